The van der Waals surface area contributed by atoms with Gasteiger partial charge < -0.3 is 5.11 Å². The first-order valence-electron chi connectivity index (χ1n) is 8.12. The van der Waals surface area contributed by atoms with Gasteiger partial charge in [0.25, 0.3) is 10.1 Å². The molecule has 0 fully saturated rings. The zero-order valence-corrected chi connectivity index (χ0v) is 18.6. The van der Waals surface area contributed by atoms with Crippen molar-refractivity contribution in [1.82, 2.24) is 0 Å². The molecule has 0 aromatic heterocycles. The van der Waals surface area contributed by atoms with Gasteiger partial charge in [-0.05, 0) is 67.1 Å². The number of azo groups is 2. The maximum absolute atomic E-state index is 11.1. The van der Waals surface area contributed by atoms with E-state index in [1.165, 1.54) is 18.2 Å². The number of benzene rings is 3. The fraction of sp³-hybridized carbons (Fsp3) is 0.0526. The Bertz CT molecular complexity index is 1160. The number of aromatic hydroxyl groups is 1. The maximum Gasteiger partial charge on any atom is 0.294 e. The molecule has 29 heavy (non-hydrogen) atoms. The molecule has 1 radical (unpaired) electrons. The predicted octanol–water partition coefficient (Wildman–Crippen LogP) is 5.40. The van der Waals surface area contributed by atoms with Crippen LogP contribution in [0.4, 0.5) is 22.7 Å². The van der Waals surface area contributed by atoms with Gasteiger partial charge in [0.05, 0.1) is 22.0 Å². The van der Waals surface area contributed by atoms with Crippen LogP contribution in [0, 0.1) is 6.92 Å². The number of phenols is 1. The first-order chi connectivity index (χ1) is 13.3. The normalized spacial score (nSPS) is 11.7. The molecule has 8 nitrogen and oxygen atoms in total. The molecule has 0 spiro atoms. The number of nitrogens with zero attached hydrogens (tertiary/aromatic N) is 4. The fourth-order valence-electron chi connectivity index (χ4n) is 2.23. The van der Waals surface area contributed by atoms with Crippen LogP contribution in [-0.2, 0) is 10.1 Å². The first-order valence-corrected chi connectivity index (χ1v) is 9.56. The molecule has 3 aromatic rings. The maximum atomic E-state index is 11.1. The van der Waals surface area contributed by atoms with Crippen LogP contribution in [0.15, 0.2) is 92.1 Å². The fourth-order valence-corrected chi connectivity index (χ4v) is 2.75. The molecular formula is C19H16N4NaO4S. The molecule has 2 N–H and O–H groups in total. The molecule has 0 saturated heterocycles. The second-order valence-corrected chi connectivity index (χ2v) is 7.30. The van der Waals surface area contributed by atoms with Gasteiger partial charge in [-0.3, -0.25) is 4.55 Å². The van der Waals surface area contributed by atoms with Gasteiger partial charge in [-0.1, -0.05) is 12.1 Å². The summed E-state index contributed by atoms with van der Waals surface area (Å²) in [4.78, 5) is -0.251. The molecular weight excluding hydrogens is 403 g/mol. The van der Waals surface area contributed by atoms with Gasteiger partial charge in [-0.15, -0.1) is 5.11 Å². The monoisotopic (exact) mass is 419 g/mol. The Kier molecular flexibility index (Phi) is 7.77. The second-order valence-electron chi connectivity index (χ2n) is 5.88. The third-order valence-electron chi connectivity index (χ3n) is 3.65. The molecule has 143 valence electrons. The van der Waals surface area contributed by atoms with Crippen LogP contribution in [0.2, 0.25) is 0 Å². The van der Waals surface area contributed by atoms with E-state index in [0.29, 0.717) is 17.1 Å². The van der Waals surface area contributed by atoms with E-state index >= 15 is 0 Å². The Morgan fingerprint density at radius 2 is 1.34 bits per heavy atom. The van der Waals surface area contributed by atoms with Gasteiger partial charge in [0.1, 0.15) is 11.4 Å². The molecule has 10 heteroatoms. The third kappa shape index (κ3) is 6.55. The van der Waals surface area contributed by atoms with Crippen molar-refractivity contribution in [2.45, 2.75) is 11.8 Å². The van der Waals surface area contributed by atoms with Gasteiger partial charge in [-0.25, -0.2) is 0 Å². The zero-order valence-electron chi connectivity index (χ0n) is 15.8. The summed E-state index contributed by atoms with van der Waals surface area (Å²) < 4.78 is 31.4. The van der Waals surface area contributed by atoms with Crippen LogP contribution in [-0.4, -0.2) is 47.6 Å². The molecule has 3 aromatic carbocycles. The standard InChI is InChI=1S/C19H16N4O4S.Na/c1-13-5-10-19(24)18(11-13)23-21-15-8-6-14(7-9-15)20-22-16-3-2-4-17(12-16)28(25,26)27;/h2-12,24H,1H3,(H,25,26,27);. The Morgan fingerprint density at radius 3 is 1.97 bits per heavy atom. The van der Waals surface area contributed by atoms with Gasteiger partial charge in [0.15, 0.2) is 0 Å². The van der Waals surface area contributed by atoms with Crippen molar-refractivity contribution in [2.24, 2.45) is 20.5 Å². The van der Waals surface area contributed by atoms with Gasteiger partial charge in [0, 0.05) is 29.6 Å². The molecule has 3 rings (SSSR count). The smallest absolute Gasteiger partial charge is 0.294 e. The number of hydrogen-bond donors (Lipinski definition) is 2. The molecule has 0 aliphatic heterocycles. The van der Waals surface area contributed by atoms with E-state index in [-0.39, 0.29) is 45.9 Å². The van der Waals surface area contributed by atoms with Crippen molar-refractivity contribution in [2.75, 3.05) is 0 Å². The molecule has 0 atom stereocenters. The summed E-state index contributed by atoms with van der Waals surface area (Å²) in [5.41, 5.74) is 2.71. The van der Waals surface area contributed by atoms with Gasteiger partial charge in [-0.2, -0.15) is 23.8 Å². The number of hydrogen-bond acceptors (Lipinski definition) is 7. The van der Waals surface area contributed by atoms with Crippen molar-refractivity contribution in [3.8, 4) is 5.75 Å². The van der Waals surface area contributed by atoms with E-state index < -0.39 is 10.1 Å². The minimum atomic E-state index is -4.29. The van der Waals surface area contributed by atoms with E-state index in [9.17, 15) is 13.5 Å². The minimum absolute atomic E-state index is 0. The molecule has 0 saturated carbocycles. The number of aryl methyl sites for hydroxylation is 1. The summed E-state index contributed by atoms with van der Waals surface area (Å²) in [7, 11) is -4.29. The second kappa shape index (κ2) is 9.86. The minimum Gasteiger partial charge on any atom is -0.506 e. The average molecular weight is 419 g/mol. The average Bonchev–Trinajstić information content (AvgIpc) is 2.67. The summed E-state index contributed by atoms with van der Waals surface area (Å²) in [5.74, 6) is 0.0481. The summed E-state index contributed by atoms with van der Waals surface area (Å²) in [6.45, 7) is 1.89. The zero-order chi connectivity index (χ0) is 20.1. The molecule has 0 aliphatic rings. The molecule has 0 bridgehead atoms. The van der Waals surface area contributed by atoms with E-state index in [4.69, 9.17) is 4.55 Å². The Balaban J connectivity index is 0.00000300. The topological polar surface area (TPSA) is 124 Å². The Hall–Kier alpha value is -2.43. The number of rotatable bonds is 5. The summed E-state index contributed by atoms with van der Waals surface area (Å²) >= 11 is 0. The third-order valence-corrected chi connectivity index (χ3v) is 4.50. The Labute approximate surface area is 190 Å². The van der Waals surface area contributed by atoms with Crippen molar-refractivity contribution in [3.63, 3.8) is 0 Å². The SMILES string of the molecule is Cc1ccc(O)c(N=Nc2ccc(N=Nc3cccc(S(=O)(=O)O)c3)cc2)c1.[Na]. The van der Waals surface area contributed by atoms with Crippen LogP contribution in [0.25, 0.3) is 0 Å². The molecule has 0 amide bonds. The molecule has 0 heterocycles. The van der Waals surface area contributed by atoms with Crippen LogP contribution < -0.4 is 0 Å². The molecule has 0 unspecified atom stereocenters. The van der Waals surface area contributed by atoms with Crippen molar-refractivity contribution in [1.29, 1.82) is 0 Å². The first kappa shape index (κ1) is 22.9. The summed E-state index contributed by atoms with van der Waals surface area (Å²) in [6, 6.07) is 17.3. The summed E-state index contributed by atoms with van der Waals surface area (Å²) in [6.07, 6.45) is 0. The predicted molar refractivity (Wildman–Crippen MR) is 110 cm³/mol. The largest absolute Gasteiger partial charge is 0.506 e. The number of phenolic OH excluding ortho intramolecular Hbond substituents is 1. The van der Waals surface area contributed by atoms with E-state index in [2.05, 4.69) is 20.5 Å². The van der Waals surface area contributed by atoms with Crippen LogP contribution in [0.1, 0.15) is 5.56 Å². The van der Waals surface area contributed by atoms with E-state index in [0.717, 1.165) is 5.56 Å². The quantitative estimate of drug-likeness (QED) is 0.326. The van der Waals surface area contributed by atoms with E-state index in [1.807, 2.05) is 6.92 Å². The van der Waals surface area contributed by atoms with Crippen LogP contribution >= 0.6 is 0 Å². The van der Waals surface area contributed by atoms with Crippen LogP contribution in [0.3, 0.4) is 0 Å². The van der Waals surface area contributed by atoms with Crippen molar-refractivity contribution < 1.29 is 18.1 Å². The van der Waals surface area contributed by atoms with Gasteiger partial charge in [0.2, 0.25) is 0 Å². The van der Waals surface area contributed by atoms with E-state index in [1.54, 1.807) is 48.5 Å². The van der Waals surface area contributed by atoms with Gasteiger partial charge >= 0.3 is 0 Å². The summed E-state index contributed by atoms with van der Waals surface area (Å²) in [5, 5.41) is 25.9. The van der Waals surface area contributed by atoms with Crippen molar-refractivity contribution >= 4 is 62.4 Å². The van der Waals surface area contributed by atoms with Crippen molar-refractivity contribution in [3.05, 3.63) is 72.3 Å². The molecule has 0 aliphatic carbocycles. The Morgan fingerprint density at radius 1 is 0.759 bits per heavy atom. The van der Waals surface area contributed by atoms with Crippen LogP contribution in [0.5, 0.6) is 5.75 Å².